The SMILES string of the molecule is CCC(CC)NC(=O)C1CN(C(=O)c2ccc(CN)cc2)c2ccccc2O1. The van der Waals surface area contributed by atoms with E-state index in [2.05, 4.69) is 5.32 Å². The summed E-state index contributed by atoms with van der Waals surface area (Å²) in [5.41, 5.74) is 7.82. The smallest absolute Gasteiger partial charge is 0.263 e. The summed E-state index contributed by atoms with van der Waals surface area (Å²) in [6.45, 7) is 4.66. The monoisotopic (exact) mass is 381 g/mol. The lowest BCUT2D eigenvalue weighted by Gasteiger charge is -2.34. The van der Waals surface area contributed by atoms with Crippen molar-refractivity contribution < 1.29 is 14.3 Å². The van der Waals surface area contributed by atoms with Gasteiger partial charge in [-0.15, -0.1) is 0 Å². The molecule has 0 fully saturated rings. The normalized spacial score (nSPS) is 15.7. The van der Waals surface area contributed by atoms with Gasteiger partial charge in [0.25, 0.3) is 11.8 Å². The van der Waals surface area contributed by atoms with Gasteiger partial charge in [-0.05, 0) is 42.7 Å². The molecule has 0 saturated heterocycles. The van der Waals surface area contributed by atoms with Gasteiger partial charge < -0.3 is 20.7 Å². The van der Waals surface area contributed by atoms with Crippen LogP contribution in [0.2, 0.25) is 0 Å². The molecule has 1 aliphatic rings. The van der Waals surface area contributed by atoms with Gasteiger partial charge in [-0.2, -0.15) is 0 Å². The van der Waals surface area contributed by atoms with E-state index in [9.17, 15) is 9.59 Å². The zero-order valence-corrected chi connectivity index (χ0v) is 16.4. The minimum absolute atomic E-state index is 0.0984. The van der Waals surface area contributed by atoms with Crippen LogP contribution in [0.4, 0.5) is 5.69 Å². The molecule has 0 bridgehead atoms. The van der Waals surface area contributed by atoms with Gasteiger partial charge in [0, 0.05) is 18.2 Å². The average Bonchev–Trinajstić information content (AvgIpc) is 2.76. The summed E-state index contributed by atoms with van der Waals surface area (Å²) in [6.07, 6.45) is 0.950. The van der Waals surface area contributed by atoms with Crippen molar-refractivity contribution in [1.29, 1.82) is 0 Å². The number of hydrogen-bond donors (Lipinski definition) is 2. The summed E-state index contributed by atoms with van der Waals surface area (Å²) >= 11 is 0. The molecule has 0 aliphatic carbocycles. The molecule has 6 nitrogen and oxygen atoms in total. The highest BCUT2D eigenvalue weighted by Crippen LogP contribution is 2.34. The summed E-state index contributed by atoms with van der Waals surface area (Å²) < 4.78 is 5.91. The van der Waals surface area contributed by atoms with Gasteiger partial charge in [-0.25, -0.2) is 0 Å². The van der Waals surface area contributed by atoms with Crippen LogP contribution in [0, 0.1) is 0 Å². The highest BCUT2D eigenvalue weighted by molar-refractivity contribution is 6.07. The Hall–Kier alpha value is -2.86. The van der Waals surface area contributed by atoms with E-state index in [0.717, 1.165) is 18.4 Å². The standard InChI is InChI=1S/C22H27N3O3/c1-3-17(4-2)24-21(26)20-14-25(18-7-5-6-8-19(18)28-20)22(27)16-11-9-15(13-23)10-12-16/h5-12,17,20H,3-4,13-14,23H2,1-2H3,(H,24,26). The van der Waals surface area contributed by atoms with E-state index in [1.54, 1.807) is 23.1 Å². The number of ether oxygens (including phenoxy) is 1. The second kappa shape index (κ2) is 8.89. The first kappa shape index (κ1) is 19.9. The van der Waals surface area contributed by atoms with Crippen molar-refractivity contribution in [2.24, 2.45) is 5.73 Å². The van der Waals surface area contributed by atoms with Crippen LogP contribution in [0.1, 0.15) is 42.6 Å². The molecule has 6 heteroatoms. The third-order valence-electron chi connectivity index (χ3n) is 5.08. The van der Waals surface area contributed by atoms with Gasteiger partial charge in [0.1, 0.15) is 5.75 Å². The fourth-order valence-electron chi connectivity index (χ4n) is 3.29. The van der Waals surface area contributed by atoms with E-state index in [0.29, 0.717) is 23.5 Å². The minimum Gasteiger partial charge on any atom is -0.477 e. The van der Waals surface area contributed by atoms with Crippen molar-refractivity contribution in [1.82, 2.24) is 5.32 Å². The van der Waals surface area contributed by atoms with Crippen LogP contribution in [0.3, 0.4) is 0 Å². The number of carbonyl (C=O) groups is 2. The van der Waals surface area contributed by atoms with Crippen molar-refractivity contribution in [2.75, 3.05) is 11.4 Å². The summed E-state index contributed by atoms with van der Waals surface area (Å²) in [5, 5.41) is 3.02. The summed E-state index contributed by atoms with van der Waals surface area (Å²) in [7, 11) is 0. The molecule has 0 radical (unpaired) electrons. The van der Waals surface area contributed by atoms with Crippen molar-refractivity contribution in [3.63, 3.8) is 0 Å². The Morgan fingerprint density at radius 2 is 1.82 bits per heavy atom. The molecule has 1 atom stereocenters. The Morgan fingerprint density at radius 1 is 1.14 bits per heavy atom. The maximum atomic E-state index is 13.2. The lowest BCUT2D eigenvalue weighted by Crippen LogP contribution is -2.52. The number of para-hydroxylation sites is 2. The molecule has 0 spiro atoms. The number of hydrogen-bond acceptors (Lipinski definition) is 4. The van der Waals surface area contributed by atoms with E-state index in [1.807, 2.05) is 44.2 Å². The Bertz CT molecular complexity index is 831. The molecule has 3 rings (SSSR count). The predicted molar refractivity (Wildman–Crippen MR) is 109 cm³/mol. The van der Waals surface area contributed by atoms with Crippen LogP contribution >= 0.6 is 0 Å². The Morgan fingerprint density at radius 3 is 2.46 bits per heavy atom. The number of amides is 2. The zero-order chi connectivity index (χ0) is 20.1. The van der Waals surface area contributed by atoms with Crippen LogP contribution in [0.15, 0.2) is 48.5 Å². The Kier molecular flexibility index (Phi) is 6.31. The van der Waals surface area contributed by atoms with Crippen LogP contribution < -0.4 is 20.7 Å². The highest BCUT2D eigenvalue weighted by Gasteiger charge is 2.34. The average molecular weight is 381 g/mol. The number of nitrogens with two attached hydrogens (primary N) is 1. The third kappa shape index (κ3) is 4.17. The second-order valence-electron chi connectivity index (χ2n) is 6.91. The van der Waals surface area contributed by atoms with E-state index in [-0.39, 0.29) is 24.4 Å². The molecule has 0 aromatic heterocycles. The van der Waals surface area contributed by atoms with E-state index >= 15 is 0 Å². The molecule has 2 amide bonds. The minimum atomic E-state index is -0.747. The first-order chi connectivity index (χ1) is 13.6. The molecule has 3 N–H and O–H groups in total. The van der Waals surface area contributed by atoms with Gasteiger partial charge in [-0.3, -0.25) is 9.59 Å². The van der Waals surface area contributed by atoms with Crippen molar-refractivity contribution in [3.05, 3.63) is 59.7 Å². The quantitative estimate of drug-likeness (QED) is 0.806. The topological polar surface area (TPSA) is 84.7 Å². The van der Waals surface area contributed by atoms with Gasteiger partial charge in [-0.1, -0.05) is 38.1 Å². The van der Waals surface area contributed by atoms with Gasteiger partial charge in [0.2, 0.25) is 0 Å². The first-order valence-electron chi connectivity index (χ1n) is 9.74. The molecular weight excluding hydrogens is 354 g/mol. The summed E-state index contributed by atoms with van der Waals surface area (Å²) in [4.78, 5) is 27.5. The highest BCUT2D eigenvalue weighted by atomic mass is 16.5. The molecule has 1 heterocycles. The van der Waals surface area contributed by atoms with Crippen LogP contribution in [0.5, 0.6) is 5.75 Å². The zero-order valence-electron chi connectivity index (χ0n) is 16.4. The van der Waals surface area contributed by atoms with Gasteiger partial charge in [0.05, 0.1) is 12.2 Å². The lowest BCUT2D eigenvalue weighted by atomic mass is 10.1. The number of fused-ring (bicyclic) bond motifs is 1. The molecule has 148 valence electrons. The number of benzene rings is 2. The molecule has 2 aromatic carbocycles. The number of rotatable bonds is 6. The van der Waals surface area contributed by atoms with Crippen molar-refractivity contribution in [3.8, 4) is 5.75 Å². The van der Waals surface area contributed by atoms with Crippen LogP contribution in [-0.4, -0.2) is 30.5 Å². The fraction of sp³-hybridized carbons (Fsp3) is 0.364. The summed E-state index contributed by atoms with van der Waals surface area (Å²) in [5.74, 6) is 0.171. The van der Waals surface area contributed by atoms with E-state index in [4.69, 9.17) is 10.5 Å². The van der Waals surface area contributed by atoms with Crippen LogP contribution in [0.25, 0.3) is 0 Å². The fourth-order valence-corrected chi connectivity index (χ4v) is 3.29. The van der Waals surface area contributed by atoms with Gasteiger partial charge >= 0.3 is 0 Å². The number of carbonyl (C=O) groups excluding carboxylic acids is 2. The molecule has 1 unspecified atom stereocenters. The number of anilines is 1. The van der Waals surface area contributed by atoms with Crippen LogP contribution in [-0.2, 0) is 11.3 Å². The second-order valence-corrected chi connectivity index (χ2v) is 6.91. The third-order valence-corrected chi connectivity index (χ3v) is 5.08. The Labute approximate surface area is 165 Å². The largest absolute Gasteiger partial charge is 0.477 e. The molecule has 2 aromatic rings. The lowest BCUT2D eigenvalue weighted by molar-refractivity contribution is -0.128. The van der Waals surface area contributed by atoms with E-state index in [1.165, 1.54) is 0 Å². The number of nitrogens with zero attached hydrogens (tertiary/aromatic N) is 1. The Balaban J connectivity index is 1.86. The summed E-state index contributed by atoms with van der Waals surface area (Å²) in [6, 6.07) is 14.6. The first-order valence-corrected chi connectivity index (χ1v) is 9.74. The van der Waals surface area contributed by atoms with E-state index < -0.39 is 6.10 Å². The molecule has 28 heavy (non-hydrogen) atoms. The molecule has 0 saturated carbocycles. The van der Waals surface area contributed by atoms with Crippen molar-refractivity contribution in [2.45, 2.75) is 45.4 Å². The van der Waals surface area contributed by atoms with Gasteiger partial charge in [0.15, 0.2) is 6.10 Å². The number of nitrogens with one attached hydrogen (secondary N) is 1. The maximum absolute atomic E-state index is 13.2. The van der Waals surface area contributed by atoms with Crippen molar-refractivity contribution >= 4 is 17.5 Å². The molecule has 1 aliphatic heterocycles. The molecular formula is C22H27N3O3. The predicted octanol–water partition coefficient (Wildman–Crippen LogP) is 2.86. The maximum Gasteiger partial charge on any atom is 0.263 e.